The zero-order valence-corrected chi connectivity index (χ0v) is 21.7. The van der Waals surface area contributed by atoms with Gasteiger partial charge in [0.1, 0.15) is 11.8 Å². The van der Waals surface area contributed by atoms with Gasteiger partial charge in [-0.05, 0) is 66.4 Å². The number of H-pyrrole nitrogens is 1. The number of esters is 1. The number of methoxy groups -OCH3 is 1. The van der Waals surface area contributed by atoms with Gasteiger partial charge < -0.3 is 14.5 Å². The molecule has 2 aromatic carbocycles. The number of rotatable bonds is 9. The molecule has 0 radical (unpaired) electrons. The highest BCUT2D eigenvalue weighted by atomic mass is 16.5. The number of carbonyl (C=O) groups excluding carboxylic acids is 1. The number of aryl methyl sites for hydroxylation is 2. The highest BCUT2D eigenvalue weighted by Crippen LogP contribution is 2.32. The van der Waals surface area contributed by atoms with Gasteiger partial charge in [0.15, 0.2) is 5.82 Å². The molecule has 0 spiro atoms. The molecule has 10 heteroatoms. The minimum absolute atomic E-state index is 0.153. The summed E-state index contributed by atoms with van der Waals surface area (Å²) in [5, 5.41) is 13.5. The SMILES string of the molecule is CCOC(=O)C1CCN(C(c2cc3cc(OC)ccc3[nH]c2=O)c2nnnn2CCc2ccccc2)CC1. The maximum Gasteiger partial charge on any atom is 0.309 e. The molecule has 3 heterocycles. The van der Waals surface area contributed by atoms with Crippen LogP contribution in [0.4, 0.5) is 0 Å². The van der Waals surface area contributed by atoms with Crippen molar-refractivity contribution in [3.05, 3.63) is 81.9 Å². The number of tetrazole rings is 1. The number of likely N-dealkylation sites (tertiary alicyclic amines) is 1. The van der Waals surface area contributed by atoms with Crippen LogP contribution >= 0.6 is 0 Å². The third kappa shape index (κ3) is 5.45. The Kier molecular flexibility index (Phi) is 7.78. The number of nitrogens with one attached hydrogen (secondary N) is 1. The monoisotopic (exact) mass is 516 g/mol. The average Bonchev–Trinajstić information content (AvgIpc) is 3.41. The molecule has 1 unspecified atom stereocenters. The van der Waals surface area contributed by atoms with Crippen molar-refractivity contribution in [1.29, 1.82) is 0 Å². The van der Waals surface area contributed by atoms with E-state index in [0.717, 1.165) is 17.3 Å². The van der Waals surface area contributed by atoms with Gasteiger partial charge in [0, 0.05) is 36.1 Å². The topological polar surface area (TPSA) is 115 Å². The summed E-state index contributed by atoms with van der Waals surface area (Å²) in [6.45, 7) is 3.97. The van der Waals surface area contributed by atoms with Crippen LogP contribution in [0.25, 0.3) is 10.9 Å². The Hall–Kier alpha value is -4.05. The van der Waals surface area contributed by atoms with E-state index in [9.17, 15) is 9.59 Å². The molecule has 1 N–H and O–H groups in total. The zero-order chi connectivity index (χ0) is 26.5. The predicted octanol–water partition coefficient (Wildman–Crippen LogP) is 3.13. The van der Waals surface area contributed by atoms with Crippen LogP contribution in [0, 0.1) is 5.92 Å². The second-order valence-electron chi connectivity index (χ2n) is 9.47. The van der Waals surface area contributed by atoms with Crippen molar-refractivity contribution in [3.8, 4) is 5.75 Å². The fourth-order valence-corrected chi connectivity index (χ4v) is 5.13. The van der Waals surface area contributed by atoms with E-state index in [4.69, 9.17) is 9.47 Å². The Morgan fingerprint density at radius 2 is 1.92 bits per heavy atom. The van der Waals surface area contributed by atoms with Crippen molar-refractivity contribution < 1.29 is 14.3 Å². The van der Waals surface area contributed by atoms with Crippen molar-refractivity contribution in [2.45, 2.75) is 38.8 Å². The molecule has 1 saturated heterocycles. The number of nitrogens with zero attached hydrogens (tertiary/aromatic N) is 5. The second-order valence-corrected chi connectivity index (χ2v) is 9.47. The second kappa shape index (κ2) is 11.6. The lowest BCUT2D eigenvalue weighted by molar-refractivity contribution is -0.149. The molecule has 0 bridgehead atoms. The number of fused-ring (bicyclic) bond motifs is 1. The van der Waals surface area contributed by atoms with E-state index in [1.54, 1.807) is 11.8 Å². The molecule has 10 nitrogen and oxygen atoms in total. The molecule has 198 valence electrons. The lowest BCUT2D eigenvalue weighted by atomic mass is 9.94. The lowest BCUT2D eigenvalue weighted by Crippen LogP contribution is -2.42. The maximum atomic E-state index is 13.4. The molecule has 5 rings (SSSR count). The summed E-state index contributed by atoms with van der Waals surface area (Å²) in [4.78, 5) is 31.0. The predicted molar refractivity (Wildman–Crippen MR) is 142 cm³/mol. The number of hydrogen-bond acceptors (Lipinski definition) is 8. The van der Waals surface area contributed by atoms with Crippen LogP contribution in [0.5, 0.6) is 5.75 Å². The molecule has 0 amide bonds. The zero-order valence-electron chi connectivity index (χ0n) is 21.7. The van der Waals surface area contributed by atoms with Crippen molar-refractivity contribution in [3.63, 3.8) is 0 Å². The average molecular weight is 517 g/mol. The van der Waals surface area contributed by atoms with Gasteiger partial charge in [-0.3, -0.25) is 14.5 Å². The normalized spacial score (nSPS) is 15.4. The molecular formula is C28H32N6O4. The smallest absolute Gasteiger partial charge is 0.309 e. The van der Waals surface area contributed by atoms with Crippen molar-refractivity contribution >= 4 is 16.9 Å². The van der Waals surface area contributed by atoms with Gasteiger partial charge in [-0.2, -0.15) is 0 Å². The van der Waals surface area contributed by atoms with Gasteiger partial charge >= 0.3 is 5.97 Å². The number of hydrogen-bond donors (Lipinski definition) is 1. The van der Waals surface area contributed by atoms with Crippen LogP contribution < -0.4 is 10.3 Å². The highest BCUT2D eigenvalue weighted by molar-refractivity contribution is 5.80. The molecular weight excluding hydrogens is 484 g/mol. The van der Waals surface area contributed by atoms with E-state index in [-0.39, 0.29) is 17.4 Å². The van der Waals surface area contributed by atoms with E-state index >= 15 is 0 Å². The van der Waals surface area contributed by atoms with Gasteiger partial charge in [-0.1, -0.05) is 30.3 Å². The first kappa shape index (κ1) is 25.6. The van der Waals surface area contributed by atoms with Gasteiger partial charge in [-0.15, -0.1) is 5.10 Å². The molecule has 38 heavy (non-hydrogen) atoms. The van der Waals surface area contributed by atoms with Crippen molar-refractivity contribution in [2.24, 2.45) is 5.92 Å². The van der Waals surface area contributed by atoms with Gasteiger partial charge in [0.25, 0.3) is 5.56 Å². The first-order valence-electron chi connectivity index (χ1n) is 13.0. The number of aromatic amines is 1. The first-order valence-corrected chi connectivity index (χ1v) is 13.0. The van der Waals surface area contributed by atoms with E-state index in [2.05, 4.69) is 37.5 Å². The summed E-state index contributed by atoms with van der Waals surface area (Å²) in [7, 11) is 1.62. The van der Waals surface area contributed by atoms with Crippen LogP contribution in [0.15, 0.2) is 59.4 Å². The molecule has 1 aliphatic rings. The van der Waals surface area contributed by atoms with Crippen LogP contribution in [-0.2, 0) is 22.5 Å². The van der Waals surface area contributed by atoms with E-state index in [0.29, 0.717) is 56.2 Å². The summed E-state index contributed by atoms with van der Waals surface area (Å²) < 4.78 is 12.4. The van der Waals surface area contributed by atoms with Gasteiger partial charge in [0.2, 0.25) is 0 Å². The summed E-state index contributed by atoms with van der Waals surface area (Å²) in [6, 6.07) is 17.1. The lowest BCUT2D eigenvalue weighted by Gasteiger charge is -2.36. The highest BCUT2D eigenvalue weighted by Gasteiger charge is 2.35. The maximum absolute atomic E-state index is 13.4. The molecule has 2 aromatic heterocycles. The Balaban J connectivity index is 1.51. The Labute approximate surface area is 220 Å². The fraction of sp³-hybridized carbons (Fsp3) is 0.393. The number of aromatic nitrogens is 5. The van der Waals surface area contributed by atoms with E-state index < -0.39 is 6.04 Å². The Morgan fingerprint density at radius 3 is 2.66 bits per heavy atom. The summed E-state index contributed by atoms with van der Waals surface area (Å²) in [6.07, 6.45) is 2.03. The van der Waals surface area contributed by atoms with Crippen LogP contribution in [-0.4, -0.2) is 62.9 Å². The number of ether oxygens (including phenoxy) is 2. The van der Waals surface area contributed by atoms with Crippen LogP contribution in [0.1, 0.15) is 42.8 Å². The quantitative estimate of drug-likeness (QED) is 0.338. The third-order valence-corrected chi connectivity index (χ3v) is 7.15. The fourth-order valence-electron chi connectivity index (χ4n) is 5.13. The summed E-state index contributed by atoms with van der Waals surface area (Å²) >= 11 is 0. The minimum atomic E-state index is -0.483. The third-order valence-electron chi connectivity index (χ3n) is 7.15. The minimum Gasteiger partial charge on any atom is -0.497 e. The summed E-state index contributed by atoms with van der Waals surface area (Å²) in [5.41, 5.74) is 2.26. The molecule has 0 aliphatic carbocycles. The number of carbonyl (C=O) groups is 1. The molecule has 1 aliphatic heterocycles. The first-order chi connectivity index (χ1) is 18.6. The van der Waals surface area contributed by atoms with E-state index in [1.165, 1.54) is 5.56 Å². The molecule has 0 saturated carbocycles. The van der Waals surface area contributed by atoms with Crippen molar-refractivity contribution in [1.82, 2.24) is 30.1 Å². The van der Waals surface area contributed by atoms with Crippen LogP contribution in [0.3, 0.4) is 0 Å². The molecule has 1 atom stereocenters. The number of pyridine rings is 1. The van der Waals surface area contributed by atoms with Crippen LogP contribution in [0.2, 0.25) is 0 Å². The summed E-state index contributed by atoms with van der Waals surface area (Å²) in [5.74, 6) is 0.991. The number of piperidine rings is 1. The number of benzene rings is 2. The van der Waals surface area contributed by atoms with Gasteiger partial charge in [0.05, 0.1) is 19.6 Å². The molecule has 4 aromatic rings. The molecule has 1 fully saturated rings. The largest absolute Gasteiger partial charge is 0.497 e. The van der Waals surface area contributed by atoms with E-state index in [1.807, 2.05) is 49.4 Å². The van der Waals surface area contributed by atoms with Gasteiger partial charge in [-0.25, -0.2) is 4.68 Å². The Bertz CT molecular complexity index is 1440. The standard InChI is InChI=1S/C28H32N6O4/c1-3-38-28(36)20-12-14-33(15-13-20)25(23-18-21-17-22(37-2)9-10-24(21)29-27(23)35)26-30-31-32-34(26)16-11-19-7-5-4-6-8-19/h4-10,17-18,20,25H,3,11-16H2,1-2H3,(H,29,35). The van der Waals surface area contributed by atoms with Crippen molar-refractivity contribution in [2.75, 3.05) is 26.8 Å². The Morgan fingerprint density at radius 1 is 1.13 bits per heavy atom.